The molecule has 18 heavy (non-hydrogen) atoms. The van der Waals surface area contributed by atoms with Gasteiger partial charge in [0.05, 0.1) is 0 Å². The third-order valence-corrected chi connectivity index (χ3v) is 2.08. The van der Waals surface area contributed by atoms with Crippen molar-refractivity contribution in [2.75, 3.05) is 5.32 Å². The number of carboxylic acids is 1. The summed E-state index contributed by atoms with van der Waals surface area (Å²) in [6.07, 6.45) is 0.127. The van der Waals surface area contributed by atoms with Crippen molar-refractivity contribution >= 4 is 23.6 Å². The first-order valence-electron chi connectivity index (χ1n) is 5.45. The van der Waals surface area contributed by atoms with Crippen molar-refractivity contribution in [3.8, 4) is 0 Å². The number of nitrogens with one attached hydrogen (secondary N) is 2. The van der Waals surface area contributed by atoms with Gasteiger partial charge in [-0.3, -0.25) is 14.9 Å². The highest BCUT2D eigenvalue weighted by atomic mass is 16.4. The number of carboxylic acid groups (broad SMARTS) is 1. The lowest BCUT2D eigenvalue weighted by atomic mass is 10.2. The van der Waals surface area contributed by atoms with Crippen molar-refractivity contribution in [2.24, 2.45) is 0 Å². The number of aliphatic carboxylic acids is 1. The van der Waals surface area contributed by atoms with E-state index in [9.17, 15) is 14.4 Å². The third-order valence-electron chi connectivity index (χ3n) is 2.08. The Morgan fingerprint density at radius 3 is 2.33 bits per heavy atom. The van der Waals surface area contributed by atoms with Crippen LogP contribution in [0.1, 0.15) is 19.3 Å². The number of rotatable bonds is 5. The zero-order valence-corrected chi connectivity index (χ0v) is 9.68. The van der Waals surface area contributed by atoms with Gasteiger partial charge in [-0.1, -0.05) is 18.2 Å². The fraction of sp³-hybridized carbons (Fsp3) is 0.250. The van der Waals surface area contributed by atoms with Gasteiger partial charge in [0.1, 0.15) is 0 Å². The highest BCUT2D eigenvalue weighted by molar-refractivity contribution is 6.01. The Morgan fingerprint density at radius 2 is 1.72 bits per heavy atom. The molecule has 6 nitrogen and oxygen atoms in total. The normalized spacial score (nSPS) is 9.56. The number of urea groups is 1. The molecule has 0 heterocycles. The summed E-state index contributed by atoms with van der Waals surface area (Å²) in [5.74, 6) is -1.46. The molecule has 1 rings (SSSR count). The van der Waals surface area contributed by atoms with E-state index >= 15 is 0 Å². The van der Waals surface area contributed by atoms with Crippen LogP contribution in [-0.4, -0.2) is 23.0 Å². The summed E-state index contributed by atoms with van der Waals surface area (Å²) >= 11 is 0. The third kappa shape index (κ3) is 5.64. The summed E-state index contributed by atoms with van der Waals surface area (Å²) in [5, 5.41) is 13.0. The molecule has 0 fully saturated rings. The molecule has 0 aliphatic carbocycles. The Labute approximate surface area is 104 Å². The van der Waals surface area contributed by atoms with Crippen molar-refractivity contribution in [3.05, 3.63) is 30.3 Å². The van der Waals surface area contributed by atoms with E-state index in [1.165, 1.54) is 0 Å². The lowest BCUT2D eigenvalue weighted by Gasteiger charge is -2.05. The predicted octanol–water partition coefficient (Wildman–Crippen LogP) is 1.59. The fourth-order valence-corrected chi connectivity index (χ4v) is 1.27. The second-order valence-electron chi connectivity index (χ2n) is 3.62. The maximum atomic E-state index is 11.4. The van der Waals surface area contributed by atoms with E-state index in [1.807, 2.05) is 0 Å². The van der Waals surface area contributed by atoms with Crippen molar-refractivity contribution < 1.29 is 19.5 Å². The van der Waals surface area contributed by atoms with Crippen molar-refractivity contribution in [1.29, 1.82) is 0 Å². The average Bonchev–Trinajstić information content (AvgIpc) is 2.29. The lowest BCUT2D eigenvalue weighted by Crippen LogP contribution is -2.34. The molecular formula is C12H14N2O4. The van der Waals surface area contributed by atoms with Crippen LogP contribution in [0.15, 0.2) is 30.3 Å². The van der Waals surface area contributed by atoms with Gasteiger partial charge in [-0.25, -0.2) is 4.79 Å². The second-order valence-corrected chi connectivity index (χ2v) is 3.62. The van der Waals surface area contributed by atoms with Gasteiger partial charge in [0.15, 0.2) is 0 Å². The highest BCUT2D eigenvalue weighted by Gasteiger charge is 2.08. The largest absolute Gasteiger partial charge is 0.481 e. The van der Waals surface area contributed by atoms with Gasteiger partial charge < -0.3 is 10.4 Å². The number of imide groups is 1. The zero-order chi connectivity index (χ0) is 13.4. The Kier molecular flexibility index (Phi) is 5.37. The van der Waals surface area contributed by atoms with Gasteiger partial charge >= 0.3 is 12.0 Å². The molecule has 1 aromatic rings. The van der Waals surface area contributed by atoms with E-state index in [0.717, 1.165) is 0 Å². The molecule has 0 saturated carbocycles. The van der Waals surface area contributed by atoms with Crippen LogP contribution in [0.2, 0.25) is 0 Å². The van der Waals surface area contributed by atoms with Gasteiger partial charge in [-0.15, -0.1) is 0 Å². The average molecular weight is 250 g/mol. The molecule has 0 radical (unpaired) electrons. The Morgan fingerprint density at radius 1 is 1.06 bits per heavy atom. The van der Waals surface area contributed by atoms with Crippen LogP contribution in [-0.2, 0) is 9.59 Å². The maximum Gasteiger partial charge on any atom is 0.325 e. The maximum absolute atomic E-state index is 11.4. The Hall–Kier alpha value is -2.37. The van der Waals surface area contributed by atoms with Crippen LogP contribution in [0.4, 0.5) is 10.5 Å². The van der Waals surface area contributed by atoms with E-state index in [4.69, 9.17) is 5.11 Å². The minimum atomic E-state index is -0.962. The zero-order valence-electron chi connectivity index (χ0n) is 9.68. The van der Waals surface area contributed by atoms with Crippen LogP contribution >= 0.6 is 0 Å². The van der Waals surface area contributed by atoms with E-state index in [1.54, 1.807) is 30.3 Å². The Balaban J connectivity index is 2.27. The second kappa shape index (κ2) is 7.05. The fourth-order valence-electron chi connectivity index (χ4n) is 1.27. The molecule has 3 N–H and O–H groups in total. The quantitative estimate of drug-likeness (QED) is 0.739. The van der Waals surface area contributed by atoms with Gasteiger partial charge in [0.25, 0.3) is 0 Å². The number of anilines is 1. The smallest absolute Gasteiger partial charge is 0.325 e. The summed E-state index contributed by atoms with van der Waals surface area (Å²) in [6.45, 7) is 0. The van der Waals surface area contributed by atoms with E-state index < -0.39 is 17.9 Å². The summed E-state index contributed by atoms with van der Waals surface area (Å²) in [5.41, 5.74) is 0.577. The number of carbonyl (C=O) groups excluding carboxylic acids is 2. The molecule has 96 valence electrons. The standard InChI is InChI=1S/C12H14N2O4/c15-10(7-4-8-11(16)17)14-12(18)13-9-5-2-1-3-6-9/h1-3,5-6H,4,7-8H2,(H,16,17)(H2,13,14,15,18). The van der Waals surface area contributed by atoms with Crippen molar-refractivity contribution in [3.63, 3.8) is 0 Å². The minimum absolute atomic E-state index is 0.00844. The van der Waals surface area contributed by atoms with Gasteiger partial charge in [-0.05, 0) is 18.6 Å². The summed E-state index contributed by atoms with van der Waals surface area (Å²) in [7, 11) is 0. The number of amides is 3. The number of hydrogen-bond donors (Lipinski definition) is 3. The van der Waals surface area contributed by atoms with Gasteiger partial charge in [0, 0.05) is 18.5 Å². The molecule has 0 bridgehead atoms. The lowest BCUT2D eigenvalue weighted by molar-refractivity contribution is -0.137. The number of para-hydroxylation sites is 1. The van der Waals surface area contributed by atoms with Crippen LogP contribution in [0.25, 0.3) is 0 Å². The SMILES string of the molecule is O=C(O)CCCC(=O)NC(=O)Nc1ccccc1. The van der Waals surface area contributed by atoms with Gasteiger partial charge in [-0.2, -0.15) is 0 Å². The molecule has 0 saturated heterocycles. The monoisotopic (exact) mass is 250 g/mol. The first kappa shape index (κ1) is 13.7. The summed E-state index contributed by atoms with van der Waals surface area (Å²) < 4.78 is 0. The molecule has 0 aromatic heterocycles. The van der Waals surface area contributed by atoms with Crippen molar-refractivity contribution in [1.82, 2.24) is 5.32 Å². The van der Waals surface area contributed by atoms with Gasteiger partial charge in [0.2, 0.25) is 5.91 Å². The molecule has 6 heteroatoms. The predicted molar refractivity (Wildman–Crippen MR) is 65.1 cm³/mol. The number of benzene rings is 1. The van der Waals surface area contributed by atoms with Crippen LogP contribution in [0, 0.1) is 0 Å². The molecule has 0 spiro atoms. The van der Waals surface area contributed by atoms with Crippen LogP contribution in [0.5, 0.6) is 0 Å². The topological polar surface area (TPSA) is 95.5 Å². The van der Waals surface area contributed by atoms with Crippen LogP contribution < -0.4 is 10.6 Å². The molecule has 3 amide bonds. The Bertz CT molecular complexity index is 431. The molecule has 0 atom stereocenters. The van der Waals surface area contributed by atoms with Crippen molar-refractivity contribution in [2.45, 2.75) is 19.3 Å². The molecular weight excluding hydrogens is 236 g/mol. The van der Waals surface area contributed by atoms with Crippen LogP contribution in [0.3, 0.4) is 0 Å². The van der Waals surface area contributed by atoms with E-state index in [0.29, 0.717) is 5.69 Å². The number of carbonyl (C=O) groups is 3. The molecule has 0 aliphatic heterocycles. The molecule has 0 unspecified atom stereocenters. The summed E-state index contributed by atoms with van der Waals surface area (Å²) in [4.78, 5) is 32.9. The highest BCUT2D eigenvalue weighted by Crippen LogP contribution is 2.04. The first-order valence-corrected chi connectivity index (χ1v) is 5.45. The molecule has 0 aliphatic rings. The summed E-state index contributed by atoms with van der Waals surface area (Å²) in [6, 6.07) is 8.07. The molecule has 1 aromatic carbocycles. The first-order chi connectivity index (χ1) is 8.58. The van der Waals surface area contributed by atoms with E-state index in [2.05, 4.69) is 10.6 Å². The number of hydrogen-bond acceptors (Lipinski definition) is 3. The minimum Gasteiger partial charge on any atom is -0.481 e. The van der Waals surface area contributed by atoms with E-state index in [-0.39, 0.29) is 19.3 Å².